The maximum absolute atomic E-state index is 11.9. The van der Waals surface area contributed by atoms with Crippen LogP contribution in [0.15, 0.2) is 42.7 Å². The van der Waals surface area contributed by atoms with Crippen LogP contribution in [0.1, 0.15) is 0 Å². The fraction of sp³-hybridized carbons (Fsp3) is 0.267. The average molecular weight is 318 g/mol. The maximum Gasteiger partial charge on any atom is 0.256 e. The van der Waals surface area contributed by atoms with Crippen LogP contribution < -0.4 is 5.32 Å². The normalized spacial score (nSPS) is 13.2. The third-order valence-electron chi connectivity index (χ3n) is 3.17. The largest absolute Gasteiger partial charge is 0.380 e. The molecule has 8 heteroatoms. The van der Waals surface area contributed by atoms with Crippen molar-refractivity contribution in [2.75, 3.05) is 19.4 Å². The molecule has 0 bridgehead atoms. The molecule has 0 saturated carbocycles. The summed E-state index contributed by atoms with van der Waals surface area (Å²) in [6, 6.07) is 8.51. The Morgan fingerprint density at radius 3 is 2.35 bits per heavy atom. The van der Waals surface area contributed by atoms with Crippen LogP contribution in [-0.4, -0.2) is 63.0 Å². The second-order valence-electron chi connectivity index (χ2n) is 5.11. The van der Waals surface area contributed by atoms with Crippen molar-refractivity contribution in [1.29, 1.82) is 0 Å². The zero-order chi connectivity index (χ0) is 17.0. The van der Waals surface area contributed by atoms with E-state index >= 15 is 0 Å². The lowest BCUT2D eigenvalue weighted by atomic mass is 10.1. The standard InChI is InChI=1S/C15H18N4O4/c1-18(2)15(23)13(21)12(20)14(22)17-10-4-6-11(7-5-10)19-9-3-8-16-19/h3-9,12-13,20-21H,1-2H3,(H,17,22)/t12-,13-/m1/s1. The molecule has 8 nitrogen and oxygen atoms in total. The van der Waals surface area contributed by atoms with Gasteiger partial charge in [0.1, 0.15) is 0 Å². The first kappa shape index (κ1) is 16.7. The number of aliphatic hydroxyl groups is 2. The monoisotopic (exact) mass is 318 g/mol. The van der Waals surface area contributed by atoms with E-state index in [1.807, 2.05) is 0 Å². The second kappa shape index (κ2) is 7.03. The number of hydrogen-bond acceptors (Lipinski definition) is 5. The van der Waals surface area contributed by atoms with Crippen LogP contribution in [0.25, 0.3) is 5.69 Å². The molecule has 0 spiro atoms. The van der Waals surface area contributed by atoms with Crippen LogP contribution in [0.3, 0.4) is 0 Å². The first-order valence-electron chi connectivity index (χ1n) is 6.88. The van der Waals surface area contributed by atoms with E-state index < -0.39 is 24.0 Å². The lowest BCUT2D eigenvalue weighted by molar-refractivity contribution is -0.149. The van der Waals surface area contributed by atoms with Gasteiger partial charge >= 0.3 is 0 Å². The van der Waals surface area contributed by atoms with Gasteiger partial charge in [0.2, 0.25) is 0 Å². The van der Waals surface area contributed by atoms with Gasteiger partial charge in [-0.3, -0.25) is 9.59 Å². The summed E-state index contributed by atoms with van der Waals surface area (Å²) in [6.07, 6.45) is -0.237. The number of anilines is 1. The number of likely N-dealkylation sites (N-methyl/N-ethyl adjacent to an activating group) is 1. The van der Waals surface area contributed by atoms with Gasteiger partial charge in [0.15, 0.2) is 12.2 Å². The topological polar surface area (TPSA) is 108 Å². The van der Waals surface area contributed by atoms with Crippen molar-refractivity contribution < 1.29 is 19.8 Å². The van der Waals surface area contributed by atoms with Gasteiger partial charge in [0.25, 0.3) is 11.8 Å². The van der Waals surface area contributed by atoms with Gasteiger partial charge in [-0.15, -0.1) is 0 Å². The number of aromatic nitrogens is 2. The number of nitrogens with one attached hydrogen (secondary N) is 1. The zero-order valence-electron chi connectivity index (χ0n) is 12.7. The van der Waals surface area contributed by atoms with E-state index in [0.717, 1.165) is 10.6 Å². The number of benzene rings is 1. The van der Waals surface area contributed by atoms with E-state index in [1.165, 1.54) is 14.1 Å². The molecule has 0 aliphatic heterocycles. The predicted octanol–water partition coefficient (Wildman–Crippen LogP) is -0.379. The van der Waals surface area contributed by atoms with Crippen LogP contribution >= 0.6 is 0 Å². The molecule has 1 aromatic carbocycles. The highest BCUT2D eigenvalue weighted by Crippen LogP contribution is 2.13. The molecule has 2 aromatic rings. The van der Waals surface area contributed by atoms with Crippen molar-refractivity contribution in [3.63, 3.8) is 0 Å². The summed E-state index contributed by atoms with van der Waals surface area (Å²) < 4.78 is 1.65. The SMILES string of the molecule is CN(C)C(=O)[C@H](O)[C@@H](O)C(=O)Nc1ccc(-n2cccn2)cc1. The van der Waals surface area contributed by atoms with E-state index in [9.17, 15) is 19.8 Å². The number of carbonyl (C=O) groups excluding carboxylic acids is 2. The van der Waals surface area contributed by atoms with Crippen LogP contribution in [0, 0.1) is 0 Å². The summed E-state index contributed by atoms with van der Waals surface area (Å²) in [7, 11) is 2.84. The fourth-order valence-electron chi connectivity index (χ4n) is 1.88. The molecule has 1 aromatic heterocycles. The second-order valence-corrected chi connectivity index (χ2v) is 5.11. The van der Waals surface area contributed by atoms with Gasteiger partial charge in [-0.1, -0.05) is 0 Å². The molecule has 0 aliphatic carbocycles. The predicted molar refractivity (Wildman–Crippen MR) is 82.9 cm³/mol. The molecule has 0 fully saturated rings. The van der Waals surface area contributed by atoms with E-state index in [0.29, 0.717) is 5.69 Å². The third-order valence-corrected chi connectivity index (χ3v) is 3.17. The summed E-state index contributed by atoms with van der Waals surface area (Å²) >= 11 is 0. The molecule has 0 unspecified atom stereocenters. The molecule has 0 radical (unpaired) electrons. The van der Waals surface area contributed by atoms with Crippen molar-refractivity contribution in [2.45, 2.75) is 12.2 Å². The van der Waals surface area contributed by atoms with Crippen molar-refractivity contribution in [3.05, 3.63) is 42.7 Å². The fourth-order valence-corrected chi connectivity index (χ4v) is 1.88. The molecule has 0 aliphatic rings. The summed E-state index contributed by atoms with van der Waals surface area (Å²) in [4.78, 5) is 24.5. The van der Waals surface area contributed by atoms with E-state index in [1.54, 1.807) is 47.4 Å². The molecular weight excluding hydrogens is 300 g/mol. The number of nitrogens with zero attached hydrogens (tertiary/aromatic N) is 3. The number of hydrogen-bond donors (Lipinski definition) is 3. The van der Waals surface area contributed by atoms with Crippen molar-refractivity contribution >= 4 is 17.5 Å². The van der Waals surface area contributed by atoms with Gasteiger partial charge in [0, 0.05) is 32.2 Å². The molecule has 2 rings (SSSR count). The van der Waals surface area contributed by atoms with Crippen molar-refractivity contribution in [2.24, 2.45) is 0 Å². The summed E-state index contributed by atoms with van der Waals surface area (Å²) in [5.74, 6) is -1.61. The number of aliphatic hydroxyl groups excluding tert-OH is 2. The molecule has 2 atom stereocenters. The van der Waals surface area contributed by atoms with Crippen molar-refractivity contribution in [3.8, 4) is 5.69 Å². The summed E-state index contributed by atoms with van der Waals surface area (Å²) in [5, 5.41) is 25.9. The van der Waals surface area contributed by atoms with Crippen LogP contribution in [0.5, 0.6) is 0 Å². The number of carbonyl (C=O) groups is 2. The lowest BCUT2D eigenvalue weighted by Gasteiger charge is -2.20. The van der Waals surface area contributed by atoms with Crippen LogP contribution in [0.2, 0.25) is 0 Å². The highest BCUT2D eigenvalue weighted by molar-refractivity contribution is 5.98. The van der Waals surface area contributed by atoms with Gasteiger partial charge < -0.3 is 20.4 Å². The highest BCUT2D eigenvalue weighted by Gasteiger charge is 2.31. The van der Waals surface area contributed by atoms with Crippen LogP contribution in [0.4, 0.5) is 5.69 Å². The minimum atomic E-state index is -1.85. The Labute approximate surface area is 133 Å². The Hall–Kier alpha value is -2.71. The number of amides is 2. The van der Waals surface area contributed by atoms with Crippen LogP contribution in [-0.2, 0) is 9.59 Å². The molecular formula is C15H18N4O4. The first-order chi connectivity index (χ1) is 10.9. The molecule has 23 heavy (non-hydrogen) atoms. The number of rotatable bonds is 5. The minimum Gasteiger partial charge on any atom is -0.380 e. The van der Waals surface area contributed by atoms with Gasteiger partial charge in [-0.25, -0.2) is 4.68 Å². The van der Waals surface area contributed by atoms with E-state index in [4.69, 9.17) is 0 Å². The van der Waals surface area contributed by atoms with Gasteiger partial charge in [-0.2, -0.15) is 5.10 Å². The Balaban J connectivity index is 2.01. The Morgan fingerprint density at radius 2 is 1.83 bits per heavy atom. The van der Waals surface area contributed by atoms with Gasteiger partial charge in [-0.05, 0) is 30.3 Å². The minimum absolute atomic E-state index is 0.425. The molecule has 3 N–H and O–H groups in total. The molecule has 1 heterocycles. The Bertz CT molecular complexity index is 667. The van der Waals surface area contributed by atoms with Crippen molar-refractivity contribution in [1.82, 2.24) is 14.7 Å². The molecule has 2 amide bonds. The Kier molecular flexibility index (Phi) is 5.09. The molecule has 0 saturated heterocycles. The van der Waals surface area contributed by atoms with Gasteiger partial charge in [0.05, 0.1) is 5.69 Å². The Morgan fingerprint density at radius 1 is 1.17 bits per heavy atom. The third kappa shape index (κ3) is 3.93. The maximum atomic E-state index is 11.9. The quantitative estimate of drug-likeness (QED) is 0.696. The summed E-state index contributed by atoms with van der Waals surface area (Å²) in [6.45, 7) is 0. The average Bonchev–Trinajstić information content (AvgIpc) is 3.07. The highest BCUT2D eigenvalue weighted by atomic mass is 16.3. The summed E-state index contributed by atoms with van der Waals surface area (Å²) in [5.41, 5.74) is 1.23. The zero-order valence-corrected chi connectivity index (χ0v) is 12.7. The van der Waals surface area contributed by atoms with E-state index in [2.05, 4.69) is 10.4 Å². The lowest BCUT2D eigenvalue weighted by Crippen LogP contribution is -2.47. The molecule has 122 valence electrons. The van der Waals surface area contributed by atoms with E-state index in [-0.39, 0.29) is 0 Å². The smallest absolute Gasteiger partial charge is 0.256 e. The first-order valence-corrected chi connectivity index (χ1v) is 6.88.